The third-order valence-corrected chi connectivity index (χ3v) is 3.49. The molecule has 6 nitrogen and oxygen atoms in total. The fourth-order valence-corrected chi connectivity index (χ4v) is 2.42. The van der Waals surface area contributed by atoms with Crippen molar-refractivity contribution < 1.29 is 0 Å². The monoisotopic (exact) mass is 250 g/mol. The van der Waals surface area contributed by atoms with Crippen LogP contribution in [0.3, 0.4) is 0 Å². The molecule has 3 N–H and O–H groups in total. The van der Waals surface area contributed by atoms with Gasteiger partial charge in [0.2, 0.25) is 0 Å². The molecular formula is C12H22N6. The molecular weight excluding hydrogens is 228 g/mol. The van der Waals surface area contributed by atoms with Crippen LogP contribution in [0.4, 0.5) is 5.82 Å². The van der Waals surface area contributed by atoms with Crippen LogP contribution in [0.2, 0.25) is 0 Å². The van der Waals surface area contributed by atoms with Crippen LogP contribution < -0.4 is 11.3 Å². The van der Waals surface area contributed by atoms with Gasteiger partial charge in [-0.2, -0.15) is 0 Å². The van der Waals surface area contributed by atoms with Crippen molar-refractivity contribution in [1.29, 1.82) is 0 Å². The summed E-state index contributed by atoms with van der Waals surface area (Å²) in [4.78, 5) is 13.5. The first kappa shape index (κ1) is 13.2. The van der Waals surface area contributed by atoms with Gasteiger partial charge in [0.1, 0.15) is 0 Å². The summed E-state index contributed by atoms with van der Waals surface area (Å²) in [7, 11) is 0. The summed E-state index contributed by atoms with van der Waals surface area (Å²) < 4.78 is 0. The zero-order valence-electron chi connectivity index (χ0n) is 11.1. The van der Waals surface area contributed by atoms with E-state index < -0.39 is 0 Å². The Kier molecular flexibility index (Phi) is 4.46. The summed E-state index contributed by atoms with van der Waals surface area (Å²) in [6.07, 6.45) is 3.45. The van der Waals surface area contributed by atoms with Gasteiger partial charge in [-0.1, -0.05) is 6.92 Å². The first-order valence-corrected chi connectivity index (χ1v) is 6.47. The molecule has 1 atom stereocenters. The van der Waals surface area contributed by atoms with Crippen LogP contribution in [0.15, 0.2) is 12.4 Å². The van der Waals surface area contributed by atoms with Gasteiger partial charge in [-0.3, -0.25) is 14.8 Å². The van der Waals surface area contributed by atoms with Crippen LogP contribution >= 0.6 is 0 Å². The van der Waals surface area contributed by atoms with Crippen molar-refractivity contribution in [3.8, 4) is 0 Å². The van der Waals surface area contributed by atoms with Crippen LogP contribution in [-0.2, 0) is 6.54 Å². The van der Waals surface area contributed by atoms with Crippen LogP contribution in [-0.4, -0.2) is 52.0 Å². The molecule has 0 aliphatic carbocycles. The van der Waals surface area contributed by atoms with E-state index in [2.05, 4.69) is 39.0 Å². The lowest BCUT2D eigenvalue weighted by Crippen LogP contribution is -2.51. The molecule has 0 bridgehead atoms. The largest absolute Gasteiger partial charge is 0.307 e. The number of nitrogens with zero attached hydrogens (tertiary/aromatic N) is 4. The molecule has 1 aromatic heterocycles. The first-order chi connectivity index (χ1) is 8.72. The van der Waals surface area contributed by atoms with Gasteiger partial charge in [0.25, 0.3) is 0 Å². The third kappa shape index (κ3) is 3.16. The standard InChI is InChI=1S/C12H22N6/c1-3-18-5-4-17(8-10(18)2)9-11-6-15-12(16-13)7-14-11/h6-7,10H,3-5,8-9,13H2,1-2H3,(H,15,16). The van der Waals surface area contributed by atoms with Gasteiger partial charge in [0, 0.05) is 32.2 Å². The van der Waals surface area contributed by atoms with Crippen molar-refractivity contribution in [2.24, 2.45) is 5.84 Å². The van der Waals surface area contributed by atoms with Gasteiger partial charge in [0.05, 0.1) is 18.1 Å². The molecule has 0 radical (unpaired) electrons. The summed E-state index contributed by atoms with van der Waals surface area (Å²) in [5.74, 6) is 5.86. The Labute approximate surface area is 108 Å². The van der Waals surface area contributed by atoms with Crippen molar-refractivity contribution in [2.75, 3.05) is 31.6 Å². The molecule has 6 heteroatoms. The summed E-state index contributed by atoms with van der Waals surface area (Å²) in [6, 6.07) is 0.613. The number of hydrogen-bond donors (Lipinski definition) is 2. The number of aromatic nitrogens is 2. The minimum Gasteiger partial charge on any atom is -0.307 e. The van der Waals surface area contributed by atoms with E-state index in [1.165, 1.54) is 0 Å². The lowest BCUT2D eigenvalue weighted by atomic mass is 10.2. The van der Waals surface area contributed by atoms with Crippen LogP contribution in [0.5, 0.6) is 0 Å². The van der Waals surface area contributed by atoms with E-state index in [1.54, 1.807) is 12.4 Å². The van der Waals surface area contributed by atoms with Gasteiger partial charge in [-0.25, -0.2) is 10.8 Å². The highest BCUT2D eigenvalue weighted by molar-refractivity contribution is 5.28. The van der Waals surface area contributed by atoms with Crippen LogP contribution in [0.1, 0.15) is 19.5 Å². The molecule has 0 amide bonds. The van der Waals surface area contributed by atoms with Gasteiger partial charge >= 0.3 is 0 Å². The van der Waals surface area contributed by atoms with Gasteiger partial charge in [0.15, 0.2) is 5.82 Å². The summed E-state index contributed by atoms with van der Waals surface area (Å²) in [5, 5.41) is 0. The Morgan fingerprint density at radius 3 is 2.78 bits per heavy atom. The van der Waals surface area contributed by atoms with E-state index in [9.17, 15) is 0 Å². The number of hydrogen-bond acceptors (Lipinski definition) is 6. The number of piperazine rings is 1. The molecule has 0 aromatic carbocycles. The maximum absolute atomic E-state index is 5.26. The zero-order chi connectivity index (χ0) is 13.0. The summed E-state index contributed by atoms with van der Waals surface area (Å²) in [6.45, 7) is 9.81. The smallest absolute Gasteiger partial charge is 0.158 e. The molecule has 1 aromatic rings. The van der Waals surface area contributed by atoms with E-state index >= 15 is 0 Å². The maximum Gasteiger partial charge on any atom is 0.158 e. The molecule has 1 aliphatic heterocycles. The average molecular weight is 250 g/mol. The molecule has 0 saturated carbocycles. The molecule has 2 rings (SSSR count). The molecule has 0 spiro atoms. The third-order valence-electron chi connectivity index (χ3n) is 3.49. The molecule has 18 heavy (non-hydrogen) atoms. The second-order valence-electron chi connectivity index (χ2n) is 4.75. The number of likely N-dealkylation sites (N-methyl/N-ethyl adjacent to an activating group) is 1. The Bertz CT molecular complexity index is 365. The molecule has 100 valence electrons. The predicted octanol–water partition coefficient (Wildman–Crippen LogP) is 0.288. The lowest BCUT2D eigenvalue weighted by molar-refractivity contribution is 0.0826. The number of nitrogens with one attached hydrogen (secondary N) is 1. The summed E-state index contributed by atoms with van der Waals surface area (Å²) >= 11 is 0. The minimum atomic E-state index is 0.600. The Balaban J connectivity index is 1.89. The second kappa shape index (κ2) is 6.08. The van der Waals surface area contributed by atoms with E-state index in [0.29, 0.717) is 11.9 Å². The van der Waals surface area contributed by atoms with E-state index in [4.69, 9.17) is 5.84 Å². The number of nitrogens with two attached hydrogens (primary N) is 1. The normalized spacial score (nSPS) is 22.1. The minimum absolute atomic E-state index is 0.600. The number of nitrogen functional groups attached to an aromatic ring is 1. The summed E-state index contributed by atoms with van der Waals surface area (Å²) in [5.41, 5.74) is 3.48. The zero-order valence-corrected chi connectivity index (χ0v) is 11.1. The fourth-order valence-electron chi connectivity index (χ4n) is 2.42. The van der Waals surface area contributed by atoms with Crippen LogP contribution in [0, 0.1) is 0 Å². The lowest BCUT2D eigenvalue weighted by Gasteiger charge is -2.39. The molecule has 1 fully saturated rings. The van der Waals surface area contributed by atoms with E-state index in [-0.39, 0.29) is 0 Å². The average Bonchev–Trinajstić information content (AvgIpc) is 2.40. The first-order valence-electron chi connectivity index (χ1n) is 6.47. The van der Waals surface area contributed by atoms with Crippen LogP contribution in [0.25, 0.3) is 0 Å². The molecule has 1 saturated heterocycles. The van der Waals surface area contributed by atoms with Gasteiger partial charge < -0.3 is 5.43 Å². The number of anilines is 1. The predicted molar refractivity (Wildman–Crippen MR) is 71.8 cm³/mol. The maximum atomic E-state index is 5.26. The Hall–Kier alpha value is -1.24. The fraction of sp³-hybridized carbons (Fsp3) is 0.667. The topological polar surface area (TPSA) is 70.3 Å². The van der Waals surface area contributed by atoms with E-state index in [1.807, 2.05) is 0 Å². The van der Waals surface area contributed by atoms with Crippen molar-refractivity contribution in [2.45, 2.75) is 26.4 Å². The molecule has 1 unspecified atom stereocenters. The van der Waals surface area contributed by atoms with Crippen molar-refractivity contribution in [1.82, 2.24) is 19.8 Å². The Morgan fingerprint density at radius 2 is 2.22 bits per heavy atom. The molecule has 2 heterocycles. The van der Waals surface area contributed by atoms with E-state index in [0.717, 1.165) is 38.4 Å². The highest BCUT2D eigenvalue weighted by Crippen LogP contribution is 2.11. The van der Waals surface area contributed by atoms with Gasteiger partial charge in [-0.05, 0) is 13.5 Å². The highest BCUT2D eigenvalue weighted by atomic mass is 15.3. The second-order valence-corrected chi connectivity index (χ2v) is 4.75. The SMILES string of the molecule is CCN1CCN(Cc2cnc(NN)cn2)CC1C. The highest BCUT2D eigenvalue weighted by Gasteiger charge is 2.22. The quantitative estimate of drug-likeness (QED) is 0.591. The Morgan fingerprint density at radius 1 is 1.39 bits per heavy atom. The van der Waals surface area contributed by atoms with Crippen molar-refractivity contribution in [3.05, 3.63) is 18.1 Å². The number of hydrazine groups is 1. The van der Waals surface area contributed by atoms with Crippen molar-refractivity contribution in [3.63, 3.8) is 0 Å². The van der Waals surface area contributed by atoms with Crippen molar-refractivity contribution >= 4 is 5.82 Å². The van der Waals surface area contributed by atoms with Gasteiger partial charge in [-0.15, -0.1) is 0 Å². The number of rotatable bonds is 4. The molecule has 1 aliphatic rings.